The molecule has 0 bridgehead atoms. The van der Waals surface area contributed by atoms with Crippen molar-refractivity contribution in [3.63, 3.8) is 0 Å². The van der Waals surface area contributed by atoms with Crippen LogP contribution in [0.1, 0.15) is 26.3 Å². The van der Waals surface area contributed by atoms with Gasteiger partial charge in [-0.25, -0.2) is 4.79 Å². The van der Waals surface area contributed by atoms with Crippen LogP contribution in [0.15, 0.2) is 60.7 Å². The van der Waals surface area contributed by atoms with Gasteiger partial charge in [0.25, 0.3) is 5.91 Å². The zero-order valence-electron chi connectivity index (χ0n) is 17.7. The first-order chi connectivity index (χ1) is 15.4. The van der Waals surface area contributed by atoms with Gasteiger partial charge in [0.2, 0.25) is 0 Å². The van der Waals surface area contributed by atoms with E-state index >= 15 is 0 Å². The van der Waals surface area contributed by atoms with Gasteiger partial charge in [0.1, 0.15) is 5.75 Å². The Morgan fingerprint density at radius 1 is 0.969 bits per heavy atom. The highest BCUT2D eigenvalue weighted by Gasteiger charge is 2.20. The number of aromatic hydroxyl groups is 1. The van der Waals surface area contributed by atoms with Crippen molar-refractivity contribution in [2.24, 2.45) is 0 Å². The summed E-state index contributed by atoms with van der Waals surface area (Å²) < 4.78 is 5.37. The molecule has 3 aromatic carbocycles. The molecule has 32 heavy (non-hydrogen) atoms. The minimum atomic E-state index is -1.15. The van der Waals surface area contributed by atoms with Crippen molar-refractivity contribution in [1.82, 2.24) is 0 Å². The largest absolute Gasteiger partial charge is 0.507 e. The van der Waals surface area contributed by atoms with Gasteiger partial charge in [-0.15, -0.1) is 0 Å². The highest BCUT2D eigenvalue weighted by atomic mass is 16.5. The van der Waals surface area contributed by atoms with Gasteiger partial charge in [0.05, 0.1) is 30.0 Å². The molecule has 0 spiro atoms. The Bertz CT molecular complexity index is 1170. The molecular weight excluding hydrogens is 408 g/mol. The number of carbonyl (C=O) groups is 2. The minimum Gasteiger partial charge on any atom is -0.507 e. The lowest BCUT2D eigenvalue weighted by Crippen LogP contribution is -2.36. The van der Waals surface area contributed by atoms with Gasteiger partial charge in [-0.05, 0) is 53.9 Å². The van der Waals surface area contributed by atoms with Crippen molar-refractivity contribution in [3.05, 3.63) is 77.4 Å². The summed E-state index contributed by atoms with van der Waals surface area (Å²) in [5.74, 6) is -1.91. The fourth-order valence-corrected chi connectivity index (χ4v) is 3.81. The summed E-state index contributed by atoms with van der Waals surface area (Å²) in [6.45, 7) is 4.53. The van der Waals surface area contributed by atoms with Crippen molar-refractivity contribution in [1.29, 1.82) is 0 Å². The predicted molar refractivity (Wildman–Crippen MR) is 123 cm³/mol. The van der Waals surface area contributed by atoms with Gasteiger partial charge < -0.3 is 25.2 Å². The molecule has 1 aliphatic heterocycles. The average molecular weight is 432 g/mol. The molecular formula is C25H24N2O5. The van der Waals surface area contributed by atoms with E-state index in [1.807, 2.05) is 31.2 Å². The molecule has 0 radical (unpaired) electrons. The number of hydrogen-bond donors (Lipinski definition) is 3. The molecule has 3 N–H and O–H groups in total. The Hall–Kier alpha value is -3.84. The Kier molecular flexibility index (Phi) is 6.09. The third kappa shape index (κ3) is 4.43. The third-order valence-electron chi connectivity index (χ3n) is 5.56. The lowest BCUT2D eigenvalue weighted by atomic mass is 9.98. The highest BCUT2D eigenvalue weighted by Crippen LogP contribution is 2.30. The number of hydrogen-bond acceptors (Lipinski definition) is 5. The monoisotopic (exact) mass is 432 g/mol. The van der Waals surface area contributed by atoms with Crippen molar-refractivity contribution < 1.29 is 24.5 Å². The Balaban J connectivity index is 1.67. The van der Waals surface area contributed by atoms with E-state index in [0.717, 1.165) is 22.4 Å². The normalized spacial score (nSPS) is 13.6. The van der Waals surface area contributed by atoms with Crippen LogP contribution in [0.2, 0.25) is 0 Å². The molecule has 164 valence electrons. The molecule has 0 unspecified atom stereocenters. The van der Waals surface area contributed by atoms with Crippen LogP contribution >= 0.6 is 0 Å². The van der Waals surface area contributed by atoms with Crippen LogP contribution in [0, 0.1) is 6.92 Å². The van der Waals surface area contributed by atoms with Crippen molar-refractivity contribution in [3.8, 4) is 16.9 Å². The van der Waals surface area contributed by atoms with Crippen molar-refractivity contribution in [2.75, 3.05) is 36.5 Å². The van der Waals surface area contributed by atoms with Crippen LogP contribution < -0.4 is 10.2 Å². The summed E-state index contributed by atoms with van der Waals surface area (Å²) in [5, 5.41) is 22.6. The second-order valence-corrected chi connectivity index (χ2v) is 7.64. The molecule has 1 saturated heterocycles. The summed E-state index contributed by atoms with van der Waals surface area (Å²) in [6.07, 6.45) is 0. The third-order valence-corrected chi connectivity index (χ3v) is 5.56. The lowest BCUT2D eigenvalue weighted by molar-refractivity contribution is 0.0698. The summed E-state index contributed by atoms with van der Waals surface area (Å²) in [6, 6.07) is 17.4. The number of carbonyl (C=O) groups excluding carboxylic acids is 1. The van der Waals surface area contributed by atoms with E-state index in [1.54, 1.807) is 24.3 Å². The molecule has 1 fully saturated rings. The van der Waals surface area contributed by atoms with E-state index < -0.39 is 11.9 Å². The summed E-state index contributed by atoms with van der Waals surface area (Å²) >= 11 is 0. The van der Waals surface area contributed by atoms with Gasteiger partial charge in [0, 0.05) is 18.8 Å². The number of carboxylic acids is 1. The maximum Gasteiger partial charge on any atom is 0.337 e. The van der Waals surface area contributed by atoms with E-state index in [9.17, 15) is 19.8 Å². The Labute approximate surface area is 185 Å². The number of ether oxygens (including phenoxy) is 1. The van der Waals surface area contributed by atoms with Crippen molar-refractivity contribution in [2.45, 2.75) is 6.92 Å². The first-order valence-corrected chi connectivity index (χ1v) is 10.3. The number of rotatable bonds is 5. The number of phenolic OH excluding ortho intramolecular Hbond substituents is 1. The smallest absolute Gasteiger partial charge is 0.337 e. The number of aryl methyl sites for hydroxylation is 1. The molecule has 0 aromatic heterocycles. The molecule has 0 atom stereocenters. The summed E-state index contributed by atoms with van der Waals surface area (Å²) in [7, 11) is 0. The van der Waals surface area contributed by atoms with Gasteiger partial charge >= 0.3 is 5.97 Å². The number of phenols is 1. The fraction of sp³-hybridized carbons (Fsp3) is 0.200. The molecule has 7 nitrogen and oxygen atoms in total. The van der Waals surface area contributed by atoms with E-state index in [-0.39, 0.29) is 22.6 Å². The number of benzene rings is 3. The number of nitrogens with zero attached hydrogens (tertiary/aromatic N) is 1. The quantitative estimate of drug-likeness (QED) is 0.560. The molecule has 0 aliphatic carbocycles. The zero-order chi connectivity index (χ0) is 22.7. The second-order valence-electron chi connectivity index (χ2n) is 7.64. The molecule has 1 heterocycles. The number of aromatic carboxylic acids is 1. The van der Waals surface area contributed by atoms with Gasteiger partial charge in [-0.3, -0.25) is 4.79 Å². The van der Waals surface area contributed by atoms with Crippen LogP contribution in [0.3, 0.4) is 0 Å². The van der Waals surface area contributed by atoms with Crippen LogP contribution in [0.5, 0.6) is 5.75 Å². The predicted octanol–water partition coefficient (Wildman–Crippen LogP) is 4.15. The van der Waals surface area contributed by atoms with E-state index in [2.05, 4.69) is 10.2 Å². The number of anilines is 2. The Morgan fingerprint density at radius 2 is 1.72 bits per heavy atom. The number of amides is 1. The molecule has 3 aromatic rings. The molecule has 1 aliphatic rings. The van der Waals surface area contributed by atoms with Crippen LogP contribution in [-0.2, 0) is 4.74 Å². The zero-order valence-corrected chi connectivity index (χ0v) is 17.7. The average Bonchev–Trinajstić information content (AvgIpc) is 2.80. The van der Waals surface area contributed by atoms with Gasteiger partial charge in [0.15, 0.2) is 0 Å². The maximum absolute atomic E-state index is 13.1. The van der Waals surface area contributed by atoms with Crippen LogP contribution in [-0.4, -0.2) is 48.4 Å². The summed E-state index contributed by atoms with van der Waals surface area (Å²) in [5.41, 5.74) is 3.77. The highest BCUT2D eigenvalue weighted by molar-refractivity contribution is 6.10. The molecule has 1 amide bonds. The number of carboxylic acid groups (broad SMARTS) is 1. The topological polar surface area (TPSA) is 99.1 Å². The molecule has 4 rings (SSSR count). The molecule has 7 heteroatoms. The van der Waals surface area contributed by atoms with Crippen LogP contribution in [0.25, 0.3) is 11.1 Å². The maximum atomic E-state index is 13.1. The van der Waals surface area contributed by atoms with Gasteiger partial charge in [-0.1, -0.05) is 30.3 Å². The van der Waals surface area contributed by atoms with Crippen LogP contribution in [0.4, 0.5) is 11.4 Å². The number of morpholine rings is 1. The minimum absolute atomic E-state index is 0.0282. The van der Waals surface area contributed by atoms with Gasteiger partial charge in [-0.2, -0.15) is 0 Å². The number of nitrogens with one attached hydrogen (secondary N) is 1. The fourth-order valence-electron chi connectivity index (χ4n) is 3.81. The second kappa shape index (κ2) is 9.11. The molecule has 0 saturated carbocycles. The SMILES string of the molecule is Cc1ccccc1-c1ccc(C(=O)O)c(NC(=O)c2cc(N3CCOCC3)ccc2O)c1. The van der Waals surface area contributed by atoms with E-state index in [4.69, 9.17) is 4.74 Å². The van der Waals surface area contributed by atoms with E-state index in [0.29, 0.717) is 26.3 Å². The standard InChI is InChI=1S/C25H24N2O5/c1-16-4-2-3-5-19(16)17-6-8-20(25(30)31)22(14-17)26-24(29)21-15-18(7-9-23(21)28)27-10-12-32-13-11-27/h2-9,14-15,28H,10-13H2,1H3,(H,26,29)(H,30,31). The Morgan fingerprint density at radius 3 is 2.44 bits per heavy atom. The van der Waals surface area contributed by atoms with E-state index in [1.165, 1.54) is 12.1 Å². The lowest BCUT2D eigenvalue weighted by Gasteiger charge is -2.29. The summed E-state index contributed by atoms with van der Waals surface area (Å²) in [4.78, 5) is 26.9. The van der Waals surface area contributed by atoms with Crippen molar-refractivity contribution >= 4 is 23.3 Å². The first-order valence-electron chi connectivity index (χ1n) is 10.3. The first kappa shape index (κ1) is 21.4.